The molecule has 0 radical (unpaired) electrons. The van der Waals surface area contributed by atoms with Crippen molar-refractivity contribution in [3.8, 4) is 0 Å². The van der Waals surface area contributed by atoms with Gasteiger partial charge < -0.3 is 10.5 Å². The van der Waals surface area contributed by atoms with Gasteiger partial charge in [-0.25, -0.2) is 13.2 Å². The van der Waals surface area contributed by atoms with E-state index in [2.05, 4.69) is 4.99 Å². The van der Waals surface area contributed by atoms with Crippen molar-refractivity contribution in [3.05, 3.63) is 58.9 Å². The SMILES string of the molecule is Cl.NC1=N[C@@](c2cc(CC(=O)C3=CCC(=O)C=C3)ccc2F)(C(F)F)COC1. The highest BCUT2D eigenvalue weighted by Crippen LogP contribution is 2.37. The number of hydrogen-bond donors (Lipinski definition) is 1. The molecule has 3 rings (SSSR count). The number of ether oxygens (including phenoxy) is 1. The van der Waals surface area contributed by atoms with Gasteiger partial charge in [0.05, 0.1) is 6.61 Å². The highest BCUT2D eigenvalue weighted by Gasteiger charge is 2.46. The van der Waals surface area contributed by atoms with Crippen molar-refractivity contribution in [3.63, 3.8) is 0 Å². The normalized spacial score (nSPS) is 21.8. The summed E-state index contributed by atoms with van der Waals surface area (Å²) in [5, 5.41) is 0. The minimum atomic E-state index is -3.05. The zero-order chi connectivity index (χ0) is 19.6. The predicted octanol–water partition coefficient (Wildman–Crippen LogP) is 2.66. The standard InChI is InChI=1S/C19H17F3N2O3.ClH/c20-15-6-1-11(8-16(26)12-2-4-13(25)5-3-12)7-14(15)19(18(21)22)10-27-9-17(23)24-19;/h1-4,6-7,18H,5,8-10H2,(H2,23,24);1H/t19-;/m0./s1. The molecule has 0 saturated heterocycles. The van der Waals surface area contributed by atoms with Gasteiger partial charge in [-0.3, -0.25) is 14.6 Å². The Kier molecular flexibility index (Phi) is 6.79. The lowest BCUT2D eigenvalue weighted by Crippen LogP contribution is -2.45. The average Bonchev–Trinajstić information content (AvgIpc) is 2.63. The lowest BCUT2D eigenvalue weighted by Gasteiger charge is -2.33. The van der Waals surface area contributed by atoms with E-state index in [0.29, 0.717) is 11.1 Å². The van der Waals surface area contributed by atoms with Crippen LogP contribution in [0.2, 0.25) is 0 Å². The zero-order valence-electron chi connectivity index (χ0n) is 14.7. The van der Waals surface area contributed by atoms with Gasteiger partial charge in [0.15, 0.2) is 17.1 Å². The molecule has 2 aliphatic rings. The monoisotopic (exact) mass is 414 g/mol. The van der Waals surface area contributed by atoms with Crippen LogP contribution >= 0.6 is 12.4 Å². The van der Waals surface area contributed by atoms with Crippen LogP contribution in [-0.2, 0) is 26.3 Å². The maximum absolute atomic E-state index is 14.4. The minimum absolute atomic E-state index is 0. The van der Waals surface area contributed by atoms with Crippen molar-refractivity contribution in [1.29, 1.82) is 0 Å². The second-order valence-electron chi connectivity index (χ2n) is 6.40. The quantitative estimate of drug-likeness (QED) is 0.803. The summed E-state index contributed by atoms with van der Waals surface area (Å²) in [5.74, 6) is -1.44. The summed E-state index contributed by atoms with van der Waals surface area (Å²) in [7, 11) is 0. The number of carbonyl (C=O) groups excluding carboxylic acids is 2. The number of benzene rings is 1. The van der Waals surface area contributed by atoms with E-state index in [-0.39, 0.29) is 54.8 Å². The van der Waals surface area contributed by atoms with Gasteiger partial charge in [-0.05, 0) is 29.8 Å². The summed E-state index contributed by atoms with van der Waals surface area (Å²) >= 11 is 0. The Morgan fingerprint density at radius 1 is 1.32 bits per heavy atom. The van der Waals surface area contributed by atoms with E-state index >= 15 is 0 Å². The first kappa shape index (κ1) is 21.8. The van der Waals surface area contributed by atoms with E-state index in [1.54, 1.807) is 0 Å². The van der Waals surface area contributed by atoms with Gasteiger partial charge >= 0.3 is 0 Å². The Balaban J connectivity index is 0.00000280. The number of carbonyl (C=O) groups is 2. The van der Waals surface area contributed by atoms with Crippen LogP contribution in [0.4, 0.5) is 13.2 Å². The number of hydrogen-bond acceptors (Lipinski definition) is 5. The lowest BCUT2D eigenvalue weighted by atomic mass is 9.88. The number of amidine groups is 1. The number of rotatable bonds is 5. The van der Waals surface area contributed by atoms with Crippen molar-refractivity contribution in [2.75, 3.05) is 13.2 Å². The third-order valence-electron chi connectivity index (χ3n) is 4.43. The number of nitrogens with zero attached hydrogens (tertiary/aromatic N) is 1. The second kappa shape index (κ2) is 8.70. The third-order valence-corrected chi connectivity index (χ3v) is 4.43. The van der Waals surface area contributed by atoms with E-state index in [0.717, 1.165) is 6.07 Å². The summed E-state index contributed by atoms with van der Waals surface area (Å²) in [6.07, 6.45) is 1.19. The molecule has 1 atom stereocenters. The van der Waals surface area contributed by atoms with Gasteiger partial charge in [0, 0.05) is 24.0 Å². The van der Waals surface area contributed by atoms with E-state index in [9.17, 15) is 22.8 Å². The van der Waals surface area contributed by atoms with E-state index in [1.807, 2.05) is 0 Å². The highest BCUT2D eigenvalue weighted by molar-refractivity contribution is 6.04. The van der Waals surface area contributed by atoms with Crippen LogP contribution in [0, 0.1) is 5.82 Å². The molecule has 150 valence electrons. The molecule has 0 spiro atoms. The first-order chi connectivity index (χ1) is 12.8. The molecule has 1 aliphatic heterocycles. The number of alkyl halides is 2. The summed E-state index contributed by atoms with van der Waals surface area (Å²) in [6.45, 7) is -0.622. The van der Waals surface area contributed by atoms with Gasteiger partial charge in [0.25, 0.3) is 6.43 Å². The van der Waals surface area contributed by atoms with Crippen molar-refractivity contribution >= 4 is 29.8 Å². The summed E-state index contributed by atoms with van der Waals surface area (Å²) in [6, 6.07) is 3.57. The Morgan fingerprint density at radius 2 is 2.07 bits per heavy atom. The molecular weight excluding hydrogens is 397 g/mol. The van der Waals surface area contributed by atoms with Crippen LogP contribution in [0.25, 0.3) is 0 Å². The van der Waals surface area contributed by atoms with Gasteiger partial charge in [0.1, 0.15) is 18.3 Å². The molecule has 1 aromatic carbocycles. The number of allylic oxidation sites excluding steroid dienone is 4. The Bertz CT molecular complexity index is 883. The predicted molar refractivity (Wildman–Crippen MR) is 99.3 cm³/mol. The molecule has 1 heterocycles. The lowest BCUT2D eigenvalue weighted by molar-refractivity contribution is -0.114. The highest BCUT2D eigenvalue weighted by atomic mass is 35.5. The number of ketones is 2. The summed E-state index contributed by atoms with van der Waals surface area (Å²) in [4.78, 5) is 27.3. The van der Waals surface area contributed by atoms with Crippen molar-refractivity contribution < 1.29 is 27.5 Å². The molecule has 0 aromatic heterocycles. The summed E-state index contributed by atoms with van der Waals surface area (Å²) < 4.78 is 47.1. The molecule has 0 unspecified atom stereocenters. The maximum Gasteiger partial charge on any atom is 0.269 e. The fourth-order valence-corrected chi connectivity index (χ4v) is 3.04. The summed E-state index contributed by atoms with van der Waals surface area (Å²) in [5.41, 5.74) is 3.62. The van der Waals surface area contributed by atoms with Crippen LogP contribution in [0.1, 0.15) is 17.5 Å². The van der Waals surface area contributed by atoms with Gasteiger partial charge in [-0.1, -0.05) is 12.1 Å². The first-order valence-electron chi connectivity index (χ1n) is 8.25. The number of aliphatic imine (C=N–C) groups is 1. The molecule has 0 saturated carbocycles. The average molecular weight is 415 g/mol. The molecule has 0 fully saturated rings. The van der Waals surface area contributed by atoms with Gasteiger partial charge in [-0.15, -0.1) is 12.4 Å². The topological polar surface area (TPSA) is 81.8 Å². The molecule has 5 nitrogen and oxygen atoms in total. The molecule has 1 aromatic rings. The maximum atomic E-state index is 14.4. The molecular formula is C19H18ClF3N2O3. The number of halogens is 4. The molecule has 0 amide bonds. The molecule has 9 heteroatoms. The van der Waals surface area contributed by atoms with Crippen LogP contribution < -0.4 is 5.73 Å². The van der Waals surface area contributed by atoms with Crippen molar-refractivity contribution in [2.45, 2.75) is 24.8 Å². The molecule has 1 aliphatic carbocycles. The Labute approximate surface area is 165 Å². The van der Waals surface area contributed by atoms with Crippen LogP contribution in [0.3, 0.4) is 0 Å². The largest absolute Gasteiger partial charge is 0.385 e. The van der Waals surface area contributed by atoms with E-state index < -0.39 is 24.4 Å². The minimum Gasteiger partial charge on any atom is -0.385 e. The fraction of sp³-hybridized carbons (Fsp3) is 0.316. The zero-order valence-corrected chi connectivity index (χ0v) is 15.5. The molecule has 28 heavy (non-hydrogen) atoms. The van der Waals surface area contributed by atoms with Crippen molar-refractivity contribution in [2.24, 2.45) is 10.7 Å². The Hall–Kier alpha value is -2.45. The smallest absolute Gasteiger partial charge is 0.269 e. The van der Waals surface area contributed by atoms with Gasteiger partial charge in [-0.2, -0.15) is 0 Å². The van der Waals surface area contributed by atoms with Crippen molar-refractivity contribution in [1.82, 2.24) is 0 Å². The number of nitrogens with two attached hydrogens (primary N) is 1. The van der Waals surface area contributed by atoms with Crippen LogP contribution in [0.15, 0.2) is 47.0 Å². The van der Waals surface area contributed by atoms with Gasteiger partial charge in [0.2, 0.25) is 0 Å². The second-order valence-corrected chi connectivity index (χ2v) is 6.40. The van der Waals surface area contributed by atoms with Crippen LogP contribution in [-0.4, -0.2) is 37.0 Å². The first-order valence-corrected chi connectivity index (χ1v) is 8.25. The van der Waals surface area contributed by atoms with E-state index in [4.69, 9.17) is 10.5 Å². The molecule has 2 N–H and O–H groups in total. The fourth-order valence-electron chi connectivity index (χ4n) is 3.04. The van der Waals surface area contributed by atoms with E-state index in [1.165, 1.54) is 30.4 Å². The Morgan fingerprint density at radius 3 is 2.68 bits per heavy atom. The number of Topliss-reactive ketones (excluding diaryl/α,β-unsaturated/α-hetero) is 1. The molecule has 0 bridgehead atoms. The third kappa shape index (κ3) is 4.34. The van der Waals surface area contributed by atoms with Crippen LogP contribution in [0.5, 0.6) is 0 Å².